The minimum absolute atomic E-state index is 0.371. The van der Waals surface area contributed by atoms with Crippen LogP contribution in [0, 0.1) is 0 Å². The van der Waals surface area contributed by atoms with Crippen LogP contribution in [-0.4, -0.2) is 22.2 Å². The number of thiazole rings is 1. The van der Waals surface area contributed by atoms with Crippen molar-refractivity contribution in [3.05, 3.63) is 44.9 Å². The summed E-state index contributed by atoms with van der Waals surface area (Å²) >= 11 is 5.73. The summed E-state index contributed by atoms with van der Waals surface area (Å²) in [6.45, 7) is 0. The zero-order valence-electron chi connectivity index (χ0n) is 11.8. The average Bonchev–Trinajstić information content (AvgIpc) is 3.17. The number of thioether (sulfide) groups is 1. The molecule has 3 aromatic heterocycles. The van der Waals surface area contributed by atoms with Crippen molar-refractivity contribution in [1.29, 1.82) is 0 Å². The number of imidazole rings is 1. The summed E-state index contributed by atoms with van der Waals surface area (Å²) in [6, 6.07) is 2.78. The summed E-state index contributed by atoms with van der Waals surface area (Å²) in [5.41, 5.74) is 2.72. The van der Waals surface area contributed by atoms with Crippen molar-refractivity contribution in [2.75, 3.05) is 12.8 Å². The van der Waals surface area contributed by atoms with Crippen molar-refractivity contribution in [2.24, 2.45) is 0 Å². The van der Waals surface area contributed by atoms with E-state index in [0.717, 1.165) is 11.4 Å². The molecule has 0 saturated heterocycles. The Morgan fingerprint density at radius 2 is 2.43 bits per heavy atom. The van der Waals surface area contributed by atoms with Crippen LogP contribution in [0.4, 0.5) is 0 Å². The van der Waals surface area contributed by atoms with Crippen molar-refractivity contribution in [2.45, 2.75) is 24.6 Å². The van der Waals surface area contributed by atoms with Gasteiger partial charge in [-0.1, -0.05) is 0 Å². The van der Waals surface area contributed by atoms with E-state index in [4.69, 9.17) is 4.98 Å². The van der Waals surface area contributed by atoms with Gasteiger partial charge in [-0.3, -0.25) is 4.40 Å². The van der Waals surface area contributed by atoms with Gasteiger partial charge in [0, 0.05) is 45.7 Å². The van der Waals surface area contributed by atoms with E-state index in [0.29, 0.717) is 6.04 Å². The Bertz CT molecular complexity index is 703. The number of hydrogen-bond donors (Lipinski definition) is 1. The zero-order valence-corrected chi connectivity index (χ0v) is 14.3. The molecule has 1 aliphatic heterocycles. The minimum atomic E-state index is 0.371. The third-order valence-corrected chi connectivity index (χ3v) is 7.02. The van der Waals surface area contributed by atoms with Crippen LogP contribution in [0.25, 0.3) is 4.96 Å². The van der Waals surface area contributed by atoms with Crippen LogP contribution < -0.4 is 5.32 Å². The predicted molar refractivity (Wildman–Crippen MR) is 92.8 cm³/mol. The van der Waals surface area contributed by atoms with E-state index in [-0.39, 0.29) is 0 Å². The molecule has 1 aliphatic rings. The maximum atomic E-state index is 4.71. The Morgan fingerprint density at radius 3 is 3.24 bits per heavy atom. The molecule has 1 unspecified atom stereocenters. The molecule has 6 heteroatoms. The fourth-order valence-corrected chi connectivity index (χ4v) is 5.98. The van der Waals surface area contributed by atoms with Crippen LogP contribution in [0.2, 0.25) is 0 Å². The Labute approximate surface area is 136 Å². The second-order valence-corrected chi connectivity index (χ2v) is 8.42. The van der Waals surface area contributed by atoms with Crippen LogP contribution in [0.3, 0.4) is 0 Å². The number of rotatable bonds is 4. The van der Waals surface area contributed by atoms with E-state index >= 15 is 0 Å². The molecule has 0 saturated carbocycles. The normalized spacial score (nSPS) is 16.2. The zero-order chi connectivity index (χ0) is 14.2. The molecule has 3 nitrogen and oxygen atoms in total. The largest absolute Gasteiger partial charge is 0.312 e. The van der Waals surface area contributed by atoms with E-state index in [1.165, 1.54) is 28.5 Å². The Kier molecular flexibility index (Phi) is 3.79. The first-order valence-corrected chi connectivity index (χ1v) is 9.96. The van der Waals surface area contributed by atoms with Crippen molar-refractivity contribution in [3.63, 3.8) is 0 Å². The maximum absolute atomic E-state index is 4.71. The van der Waals surface area contributed by atoms with Gasteiger partial charge in [-0.05, 0) is 30.9 Å². The molecule has 0 bridgehead atoms. The maximum Gasteiger partial charge on any atom is 0.193 e. The van der Waals surface area contributed by atoms with Crippen molar-refractivity contribution in [1.82, 2.24) is 14.7 Å². The monoisotopic (exact) mass is 335 g/mol. The molecule has 0 aliphatic carbocycles. The summed E-state index contributed by atoms with van der Waals surface area (Å²) < 4.78 is 2.11. The lowest BCUT2D eigenvalue weighted by Gasteiger charge is -2.12. The smallest absolute Gasteiger partial charge is 0.193 e. The second-order valence-electron chi connectivity index (χ2n) is 5.27. The Hall–Kier alpha value is -0.820. The van der Waals surface area contributed by atoms with Gasteiger partial charge in [0.25, 0.3) is 0 Å². The number of fused-ring (bicyclic) bond motifs is 2. The Balaban J connectivity index is 1.59. The highest BCUT2D eigenvalue weighted by Gasteiger charge is 2.19. The van der Waals surface area contributed by atoms with Gasteiger partial charge >= 0.3 is 0 Å². The number of nitrogens with zero attached hydrogens (tertiary/aromatic N) is 2. The van der Waals surface area contributed by atoms with Crippen molar-refractivity contribution >= 4 is 39.4 Å². The van der Waals surface area contributed by atoms with E-state index in [2.05, 4.69) is 52.4 Å². The first kappa shape index (κ1) is 13.8. The molecule has 0 amide bonds. The van der Waals surface area contributed by atoms with E-state index in [1.807, 2.05) is 11.3 Å². The molecule has 0 radical (unpaired) electrons. The lowest BCUT2D eigenvalue weighted by molar-refractivity contribution is 0.595. The summed E-state index contributed by atoms with van der Waals surface area (Å²) in [7, 11) is 2.05. The molecule has 21 heavy (non-hydrogen) atoms. The van der Waals surface area contributed by atoms with Gasteiger partial charge in [-0.2, -0.15) is 11.8 Å². The average molecular weight is 336 g/mol. The lowest BCUT2D eigenvalue weighted by Crippen LogP contribution is -2.17. The van der Waals surface area contributed by atoms with Crippen molar-refractivity contribution < 1.29 is 0 Å². The summed E-state index contributed by atoms with van der Waals surface area (Å²) in [5.74, 6) is 2.46. The SMILES string of the molecule is CNC(Cc1cn2ccsc2n1)c1cc2c(s1)CCSC2. The predicted octanol–water partition coefficient (Wildman–Crippen LogP) is 3.75. The Morgan fingerprint density at radius 1 is 1.48 bits per heavy atom. The molecule has 0 aromatic carbocycles. The fourth-order valence-electron chi connectivity index (χ4n) is 2.77. The van der Waals surface area contributed by atoms with Crippen LogP contribution in [0.1, 0.15) is 27.1 Å². The molecule has 0 spiro atoms. The first-order valence-electron chi connectivity index (χ1n) is 7.11. The summed E-state index contributed by atoms with van der Waals surface area (Å²) in [6.07, 6.45) is 6.42. The molecule has 1 atom stereocenters. The topological polar surface area (TPSA) is 29.3 Å². The molecular weight excluding hydrogens is 318 g/mol. The number of likely N-dealkylation sites (N-methyl/N-ethyl adjacent to an activating group) is 1. The van der Waals surface area contributed by atoms with Gasteiger partial charge in [0.2, 0.25) is 0 Å². The fraction of sp³-hybridized carbons (Fsp3) is 0.400. The standard InChI is InChI=1S/C15H17N3S3/c1-16-12(7-11-8-18-3-5-20-15(18)17-11)14-6-10-9-19-4-2-13(10)21-14/h3,5-6,8,12,16H,2,4,7,9H2,1H3. The van der Waals surface area contributed by atoms with Gasteiger partial charge in [-0.25, -0.2) is 4.98 Å². The number of aromatic nitrogens is 2. The quantitative estimate of drug-likeness (QED) is 0.787. The molecule has 0 fully saturated rings. The number of hydrogen-bond acceptors (Lipinski definition) is 5. The van der Waals surface area contributed by atoms with Crippen LogP contribution >= 0.6 is 34.4 Å². The third kappa shape index (κ3) is 2.65. The highest BCUT2D eigenvalue weighted by Crippen LogP contribution is 2.35. The van der Waals surface area contributed by atoms with Gasteiger partial charge in [0.15, 0.2) is 4.96 Å². The van der Waals surface area contributed by atoms with Crippen LogP contribution in [0.5, 0.6) is 0 Å². The third-order valence-electron chi connectivity index (χ3n) is 3.90. The molecule has 1 N–H and O–H groups in total. The summed E-state index contributed by atoms with van der Waals surface area (Å²) in [5, 5.41) is 5.55. The summed E-state index contributed by atoms with van der Waals surface area (Å²) in [4.78, 5) is 8.85. The van der Waals surface area contributed by atoms with Crippen LogP contribution in [0.15, 0.2) is 23.8 Å². The highest BCUT2D eigenvalue weighted by molar-refractivity contribution is 7.98. The first-order chi connectivity index (χ1) is 10.3. The molecular formula is C15H17N3S3. The molecule has 4 rings (SSSR count). The minimum Gasteiger partial charge on any atom is -0.312 e. The van der Waals surface area contributed by atoms with E-state index < -0.39 is 0 Å². The number of aryl methyl sites for hydroxylation is 1. The molecule has 110 valence electrons. The van der Waals surface area contributed by atoms with E-state index in [1.54, 1.807) is 21.8 Å². The van der Waals surface area contributed by atoms with E-state index in [9.17, 15) is 0 Å². The van der Waals surface area contributed by atoms with Gasteiger partial charge in [0.05, 0.1) is 5.69 Å². The second kappa shape index (κ2) is 5.76. The number of thiophene rings is 1. The molecule has 4 heterocycles. The molecule has 3 aromatic rings. The van der Waals surface area contributed by atoms with Gasteiger partial charge in [0.1, 0.15) is 0 Å². The number of nitrogens with one attached hydrogen (secondary N) is 1. The lowest BCUT2D eigenvalue weighted by atomic mass is 10.1. The van der Waals surface area contributed by atoms with Crippen molar-refractivity contribution in [3.8, 4) is 0 Å². The van der Waals surface area contributed by atoms with Gasteiger partial charge in [-0.15, -0.1) is 22.7 Å². The van der Waals surface area contributed by atoms with Gasteiger partial charge < -0.3 is 5.32 Å². The highest BCUT2D eigenvalue weighted by atomic mass is 32.2. The van der Waals surface area contributed by atoms with Crippen LogP contribution in [-0.2, 0) is 18.6 Å².